The number of fused-ring (bicyclic) bond motifs is 4. The third kappa shape index (κ3) is 4.74. The number of para-hydroxylation sites is 4. The molecule has 8 aromatic carbocycles. The van der Waals surface area contributed by atoms with E-state index in [1.54, 1.807) is 0 Å². The standard InChI is InChI=1S/C48H33BN2/c1-5-18-34(19-6-1)39-26-17-27-40(35-20-7-2-8-21-35)47(39)36-32-45-48-46(33-36)51(38-24-11-4-12-25-38)44-31-16-14-29-42(44)49(48)41-28-13-15-30-43(41)50(45)37-22-9-3-10-23-37/h1-33H. The fraction of sp³-hybridized carbons (Fsp3) is 0. The molecule has 0 saturated heterocycles. The van der Waals surface area contributed by atoms with Crippen LogP contribution in [-0.2, 0) is 0 Å². The first-order valence-corrected chi connectivity index (χ1v) is 17.7. The molecule has 238 valence electrons. The molecular weight excluding hydrogens is 615 g/mol. The molecule has 8 aromatic rings. The second-order valence-electron chi connectivity index (χ2n) is 13.3. The zero-order valence-electron chi connectivity index (χ0n) is 28.0. The highest BCUT2D eigenvalue weighted by atomic mass is 15.2. The fourth-order valence-corrected chi connectivity index (χ4v) is 8.33. The van der Waals surface area contributed by atoms with E-state index in [0.29, 0.717) is 0 Å². The Labute approximate surface area is 299 Å². The Morgan fingerprint density at radius 2 is 0.706 bits per heavy atom. The van der Waals surface area contributed by atoms with E-state index in [-0.39, 0.29) is 6.71 Å². The number of hydrogen-bond acceptors (Lipinski definition) is 2. The van der Waals surface area contributed by atoms with Gasteiger partial charge in [0.15, 0.2) is 0 Å². The Bertz CT molecular complexity index is 2360. The lowest BCUT2D eigenvalue weighted by molar-refractivity contribution is 1.25. The van der Waals surface area contributed by atoms with E-state index in [2.05, 4.69) is 210 Å². The first-order valence-electron chi connectivity index (χ1n) is 17.7. The van der Waals surface area contributed by atoms with E-state index in [9.17, 15) is 0 Å². The van der Waals surface area contributed by atoms with Crippen LogP contribution in [0.4, 0.5) is 34.1 Å². The van der Waals surface area contributed by atoms with Crippen molar-refractivity contribution in [2.24, 2.45) is 0 Å². The second kappa shape index (κ2) is 12.1. The largest absolute Gasteiger partial charge is 0.311 e. The molecule has 0 radical (unpaired) electrons. The number of rotatable bonds is 5. The maximum Gasteiger partial charge on any atom is 0.252 e. The van der Waals surface area contributed by atoms with Crippen molar-refractivity contribution in [3.63, 3.8) is 0 Å². The first kappa shape index (κ1) is 29.4. The minimum Gasteiger partial charge on any atom is -0.311 e. The van der Waals surface area contributed by atoms with Crippen LogP contribution in [-0.4, -0.2) is 6.71 Å². The van der Waals surface area contributed by atoms with E-state index in [0.717, 1.165) is 11.4 Å². The molecule has 2 aliphatic heterocycles. The molecule has 0 amide bonds. The molecule has 51 heavy (non-hydrogen) atoms. The molecule has 0 bridgehead atoms. The minimum atomic E-state index is 0.0781. The summed E-state index contributed by atoms with van der Waals surface area (Å²) in [5.74, 6) is 0. The van der Waals surface area contributed by atoms with Gasteiger partial charge in [0.05, 0.1) is 0 Å². The van der Waals surface area contributed by atoms with Crippen molar-refractivity contribution in [3.05, 3.63) is 200 Å². The smallest absolute Gasteiger partial charge is 0.252 e. The summed E-state index contributed by atoms with van der Waals surface area (Å²) in [5.41, 5.74) is 18.3. The van der Waals surface area contributed by atoms with Crippen LogP contribution < -0.4 is 26.2 Å². The molecule has 0 spiro atoms. The summed E-state index contributed by atoms with van der Waals surface area (Å²) in [6.45, 7) is 0.0781. The summed E-state index contributed by atoms with van der Waals surface area (Å²) >= 11 is 0. The average molecular weight is 649 g/mol. The van der Waals surface area contributed by atoms with Crippen LogP contribution in [0.25, 0.3) is 33.4 Å². The number of nitrogens with zero attached hydrogens (tertiary/aromatic N) is 2. The van der Waals surface area contributed by atoms with Gasteiger partial charge in [-0.05, 0) is 98.3 Å². The highest BCUT2D eigenvalue weighted by molar-refractivity contribution is 7.00. The molecule has 2 aliphatic rings. The summed E-state index contributed by atoms with van der Waals surface area (Å²) < 4.78 is 0. The van der Waals surface area contributed by atoms with E-state index in [4.69, 9.17) is 0 Å². The highest BCUT2D eigenvalue weighted by Gasteiger charge is 2.43. The van der Waals surface area contributed by atoms with Crippen LogP contribution in [0, 0.1) is 0 Å². The van der Waals surface area contributed by atoms with Crippen molar-refractivity contribution in [2.45, 2.75) is 0 Å². The third-order valence-electron chi connectivity index (χ3n) is 10.4. The molecule has 2 heterocycles. The van der Waals surface area contributed by atoms with Gasteiger partial charge in [-0.2, -0.15) is 0 Å². The van der Waals surface area contributed by atoms with Gasteiger partial charge < -0.3 is 9.80 Å². The van der Waals surface area contributed by atoms with Gasteiger partial charge in [0, 0.05) is 34.1 Å². The number of benzene rings is 8. The molecule has 0 N–H and O–H groups in total. The van der Waals surface area contributed by atoms with Gasteiger partial charge in [-0.25, -0.2) is 0 Å². The van der Waals surface area contributed by atoms with Crippen molar-refractivity contribution in [1.82, 2.24) is 0 Å². The van der Waals surface area contributed by atoms with Gasteiger partial charge in [0.2, 0.25) is 0 Å². The normalized spacial score (nSPS) is 12.6. The lowest BCUT2D eigenvalue weighted by atomic mass is 9.33. The van der Waals surface area contributed by atoms with Gasteiger partial charge in [-0.3, -0.25) is 0 Å². The van der Waals surface area contributed by atoms with Gasteiger partial charge in [0.25, 0.3) is 6.71 Å². The van der Waals surface area contributed by atoms with Crippen LogP contribution in [0.5, 0.6) is 0 Å². The Hall–Kier alpha value is -6.58. The van der Waals surface area contributed by atoms with E-state index >= 15 is 0 Å². The summed E-state index contributed by atoms with van der Waals surface area (Å²) in [5, 5.41) is 0. The van der Waals surface area contributed by atoms with Crippen LogP contribution >= 0.6 is 0 Å². The van der Waals surface area contributed by atoms with Crippen molar-refractivity contribution < 1.29 is 0 Å². The van der Waals surface area contributed by atoms with Gasteiger partial charge in [-0.15, -0.1) is 0 Å². The molecule has 0 atom stereocenters. The average Bonchev–Trinajstić information content (AvgIpc) is 3.21. The third-order valence-corrected chi connectivity index (χ3v) is 10.4. The fourth-order valence-electron chi connectivity index (χ4n) is 8.33. The molecule has 0 aromatic heterocycles. The summed E-state index contributed by atoms with van der Waals surface area (Å²) in [6.07, 6.45) is 0. The molecule has 0 unspecified atom stereocenters. The molecule has 0 aliphatic carbocycles. The molecule has 3 heteroatoms. The Kier molecular flexibility index (Phi) is 6.95. The molecule has 10 rings (SSSR count). The minimum absolute atomic E-state index is 0.0781. The maximum absolute atomic E-state index is 2.48. The maximum atomic E-state index is 2.48. The van der Waals surface area contributed by atoms with Crippen molar-refractivity contribution in [2.75, 3.05) is 9.80 Å². The number of anilines is 6. The number of hydrogen-bond donors (Lipinski definition) is 0. The molecular formula is C48H33BN2. The van der Waals surface area contributed by atoms with E-state index in [1.165, 1.54) is 72.5 Å². The van der Waals surface area contributed by atoms with Gasteiger partial charge in [0.1, 0.15) is 0 Å². The highest BCUT2D eigenvalue weighted by Crippen LogP contribution is 2.48. The summed E-state index contributed by atoms with van der Waals surface area (Å²) in [6, 6.07) is 73.0. The van der Waals surface area contributed by atoms with Crippen LogP contribution in [0.2, 0.25) is 0 Å². The van der Waals surface area contributed by atoms with E-state index < -0.39 is 0 Å². The predicted octanol–water partition coefficient (Wildman–Crippen LogP) is 10.8. The lowest BCUT2D eigenvalue weighted by Crippen LogP contribution is -2.61. The van der Waals surface area contributed by atoms with Crippen molar-refractivity contribution >= 4 is 57.2 Å². The SMILES string of the molecule is c1ccc(-c2cccc(-c3ccccc3)c2-c2cc3c4c(c2)N(c2ccccc2)c2ccccc2B4c2ccccc2N3c2ccccc2)cc1. The topological polar surface area (TPSA) is 6.48 Å². The van der Waals surface area contributed by atoms with Crippen LogP contribution in [0.1, 0.15) is 0 Å². The van der Waals surface area contributed by atoms with E-state index in [1.807, 2.05) is 0 Å². The summed E-state index contributed by atoms with van der Waals surface area (Å²) in [7, 11) is 0. The first-order chi connectivity index (χ1) is 25.3. The molecule has 0 saturated carbocycles. The monoisotopic (exact) mass is 648 g/mol. The zero-order valence-corrected chi connectivity index (χ0v) is 28.0. The van der Waals surface area contributed by atoms with Crippen LogP contribution in [0.15, 0.2) is 200 Å². The van der Waals surface area contributed by atoms with Crippen LogP contribution in [0.3, 0.4) is 0 Å². The lowest BCUT2D eigenvalue weighted by Gasteiger charge is -2.44. The Morgan fingerprint density at radius 1 is 0.314 bits per heavy atom. The van der Waals surface area contributed by atoms with Gasteiger partial charge in [-0.1, -0.05) is 152 Å². The predicted molar refractivity (Wildman–Crippen MR) is 217 cm³/mol. The second-order valence-corrected chi connectivity index (χ2v) is 13.3. The zero-order chi connectivity index (χ0) is 33.7. The quantitative estimate of drug-likeness (QED) is 0.171. The van der Waals surface area contributed by atoms with Crippen molar-refractivity contribution in [1.29, 1.82) is 0 Å². The molecule has 2 nitrogen and oxygen atoms in total. The Balaban J connectivity index is 1.36. The van der Waals surface area contributed by atoms with Gasteiger partial charge >= 0.3 is 0 Å². The Morgan fingerprint density at radius 3 is 1.16 bits per heavy atom. The molecule has 0 fully saturated rings. The summed E-state index contributed by atoms with van der Waals surface area (Å²) in [4.78, 5) is 4.97. The van der Waals surface area contributed by atoms with Crippen molar-refractivity contribution in [3.8, 4) is 33.4 Å².